The van der Waals surface area contributed by atoms with Crippen molar-refractivity contribution in [2.24, 2.45) is 0 Å². The Morgan fingerprint density at radius 2 is 2.25 bits per heavy atom. The molecule has 3 nitrogen and oxygen atoms in total. The van der Waals surface area contributed by atoms with Crippen molar-refractivity contribution in [2.75, 3.05) is 18.6 Å². The van der Waals surface area contributed by atoms with Crippen LogP contribution in [0.1, 0.15) is 12.0 Å². The maximum atomic E-state index is 11.7. The van der Waals surface area contributed by atoms with Gasteiger partial charge >= 0.3 is 0 Å². The summed E-state index contributed by atoms with van der Waals surface area (Å²) >= 11 is 5.96. The van der Waals surface area contributed by atoms with Crippen molar-refractivity contribution in [3.8, 4) is 5.75 Å². The summed E-state index contributed by atoms with van der Waals surface area (Å²) in [5, 5.41) is -0.0835. The van der Waals surface area contributed by atoms with E-state index in [9.17, 15) is 4.79 Å². The van der Waals surface area contributed by atoms with Crippen LogP contribution in [0.25, 0.3) is 0 Å². The Labute approximate surface area is 100.0 Å². The number of rotatable bonds is 2. The smallest absolute Gasteiger partial charge is 0.228 e. The van der Waals surface area contributed by atoms with Gasteiger partial charge in [-0.25, -0.2) is 0 Å². The number of halogens is 1. The van der Waals surface area contributed by atoms with Crippen molar-refractivity contribution in [3.63, 3.8) is 0 Å². The van der Waals surface area contributed by atoms with Gasteiger partial charge in [-0.3, -0.25) is 4.79 Å². The Morgan fingerprint density at radius 1 is 1.50 bits per heavy atom. The maximum absolute atomic E-state index is 11.7. The molecule has 0 spiro atoms. The van der Waals surface area contributed by atoms with Gasteiger partial charge in [0.15, 0.2) is 0 Å². The second kappa shape index (κ2) is 4.34. The topological polar surface area (TPSA) is 29.5 Å². The lowest BCUT2D eigenvalue weighted by molar-refractivity contribution is -0.117. The van der Waals surface area contributed by atoms with Crippen molar-refractivity contribution in [2.45, 2.75) is 18.7 Å². The summed E-state index contributed by atoms with van der Waals surface area (Å²) in [5.41, 5.74) is 1.91. The van der Waals surface area contributed by atoms with Crippen LogP contribution in [0, 0.1) is 6.92 Å². The predicted octanol–water partition coefficient (Wildman–Crippen LogP) is 2.35. The van der Waals surface area contributed by atoms with E-state index in [0.717, 1.165) is 17.0 Å². The average molecular weight is 240 g/mol. The Bertz CT molecular complexity index is 419. The standard InChI is InChI=1S/C12H14ClNO2/c1-8-3-4-10(6-11(8)16-2)14-7-9(13)5-12(14)15/h3-4,6,9H,5,7H2,1-2H3. The van der Waals surface area contributed by atoms with E-state index in [0.29, 0.717) is 13.0 Å². The van der Waals surface area contributed by atoms with E-state index in [1.165, 1.54) is 0 Å². The number of carbonyl (C=O) groups excluding carboxylic acids is 1. The number of methoxy groups -OCH3 is 1. The van der Waals surface area contributed by atoms with Gasteiger partial charge in [0.25, 0.3) is 0 Å². The molecule has 4 heteroatoms. The van der Waals surface area contributed by atoms with Gasteiger partial charge in [-0.05, 0) is 18.6 Å². The molecule has 1 aliphatic rings. The molecule has 16 heavy (non-hydrogen) atoms. The molecule has 0 aliphatic carbocycles. The van der Waals surface area contributed by atoms with Crippen LogP contribution in [0.3, 0.4) is 0 Å². The molecule has 2 rings (SSSR count). The highest BCUT2D eigenvalue weighted by Gasteiger charge is 2.29. The summed E-state index contributed by atoms with van der Waals surface area (Å²) in [5.74, 6) is 0.870. The molecule has 1 unspecified atom stereocenters. The third-order valence-corrected chi connectivity index (χ3v) is 3.07. The number of amides is 1. The van der Waals surface area contributed by atoms with Gasteiger partial charge in [0.2, 0.25) is 5.91 Å². The summed E-state index contributed by atoms with van der Waals surface area (Å²) in [6, 6.07) is 5.75. The van der Waals surface area contributed by atoms with Gasteiger partial charge in [0.1, 0.15) is 5.75 Å². The number of ether oxygens (including phenoxy) is 1. The van der Waals surface area contributed by atoms with Gasteiger partial charge in [0, 0.05) is 24.7 Å². The molecule has 1 fully saturated rings. The zero-order valence-electron chi connectivity index (χ0n) is 9.37. The number of aryl methyl sites for hydroxylation is 1. The molecule has 1 amide bonds. The molecule has 1 heterocycles. The summed E-state index contributed by atoms with van der Waals surface area (Å²) in [6.07, 6.45) is 0.414. The highest BCUT2D eigenvalue weighted by molar-refractivity contribution is 6.24. The fraction of sp³-hybridized carbons (Fsp3) is 0.417. The molecule has 1 aromatic carbocycles. The number of anilines is 1. The van der Waals surface area contributed by atoms with E-state index >= 15 is 0 Å². The van der Waals surface area contributed by atoms with E-state index in [4.69, 9.17) is 16.3 Å². The minimum atomic E-state index is -0.0835. The quantitative estimate of drug-likeness (QED) is 0.742. The van der Waals surface area contributed by atoms with Gasteiger partial charge in [0.05, 0.1) is 12.5 Å². The monoisotopic (exact) mass is 239 g/mol. The predicted molar refractivity (Wildman–Crippen MR) is 64.3 cm³/mol. The maximum Gasteiger partial charge on any atom is 0.228 e. The number of alkyl halides is 1. The largest absolute Gasteiger partial charge is 0.496 e. The number of benzene rings is 1. The zero-order valence-corrected chi connectivity index (χ0v) is 10.1. The first kappa shape index (κ1) is 11.3. The Balaban J connectivity index is 2.30. The lowest BCUT2D eigenvalue weighted by Gasteiger charge is -2.17. The molecule has 0 saturated carbocycles. The number of hydrogen-bond acceptors (Lipinski definition) is 2. The van der Waals surface area contributed by atoms with Gasteiger partial charge < -0.3 is 9.64 Å². The van der Waals surface area contributed by atoms with Crippen LogP contribution in [0.2, 0.25) is 0 Å². The molecule has 0 aromatic heterocycles. The molecular weight excluding hydrogens is 226 g/mol. The van der Waals surface area contributed by atoms with Gasteiger partial charge in [-0.15, -0.1) is 11.6 Å². The molecule has 0 radical (unpaired) electrons. The zero-order chi connectivity index (χ0) is 11.7. The SMILES string of the molecule is COc1cc(N2CC(Cl)CC2=O)ccc1C. The van der Waals surface area contributed by atoms with Crippen molar-refractivity contribution in [1.29, 1.82) is 0 Å². The normalized spacial score (nSPS) is 20.3. The lowest BCUT2D eigenvalue weighted by Crippen LogP contribution is -2.24. The fourth-order valence-corrected chi connectivity index (χ4v) is 2.16. The van der Waals surface area contributed by atoms with Crippen LogP contribution >= 0.6 is 11.6 Å². The third kappa shape index (κ3) is 2.00. The number of nitrogens with zero attached hydrogens (tertiary/aromatic N) is 1. The van der Waals surface area contributed by atoms with Crippen molar-refractivity contribution >= 4 is 23.2 Å². The first-order valence-electron chi connectivity index (χ1n) is 5.21. The second-order valence-electron chi connectivity index (χ2n) is 3.96. The lowest BCUT2D eigenvalue weighted by atomic mass is 10.2. The first-order chi connectivity index (χ1) is 7.61. The van der Waals surface area contributed by atoms with Crippen LogP contribution in [0.4, 0.5) is 5.69 Å². The second-order valence-corrected chi connectivity index (χ2v) is 4.58. The van der Waals surface area contributed by atoms with Crippen LogP contribution in [0.5, 0.6) is 5.75 Å². The number of hydrogen-bond donors (Lipinski definition) is 0. The van der Waals surface area contributed by atoms with Crippen LogP contribution in [-0.2, 0) is 4.79 Å². The summed E-state index contributed by atoms with van der Waals surface area (Å²) in [4.78, 5) is 13.4. The van der Waals surface area contributed by atoms with Gasteiger partial charge in [-0.1, -0.05) is 6.07 Å². The molecule has 1 atom stereocenters. The minimum absolute atomic E-state index is 0.0749. The summed E-state index contributed by atoms with van der Waals surface area (Å²) < 4.78 is 5.24. The molecular formula is C12H14ClNO2. The number of carbonyl (C=O) groups is 1. The van der Waals surface area contributed by atoms with Crippen molar-refractivity contribution in [3.05, 3.63) is 23.8 Å². The molecule has 1 aliphatic heterocycles. The van der Waals surface area contributed by atoms with E-state index in [-0.39, 0.29) is 11.3 Å². The minimum Gasteiger partial charge on any atom is -0.496 e. The highest BCUT2D eigenvalue weighted by Crippen LogP contribution is 2.29. The van der Waals surface area contributed by atoms with E-state index in [1.807, 2.05) is 25.1 Å². The molecule has 0 bridgehead atoms. The highest BCUT2D eigenvalue weighted by atomic mass is 35.5. The third-order valence-electron chi connectivity index (χ3n) is 2.78. The molecule has 86 valence electrons. The van der Waals surface area contributed by atoms with Crippen LogP contribution in [0.15, 0.2) is 18.2 Å². The van der Waals surface area contributed by atoms with Crippen molar-refractivity contribution < 1.29 is 9.53 Å². The molecule has 1 saturated heterocycles. The van der Waals surface area contributed by atoms with Crippen LogP contribution in [-0.4, -0.2) is 24.9 Å². The average Bonchev–Trinajstić information content (AvgIpc) is 2.59. The van der Waals surface area contributed by atoms with E-state index < -0.39 is 0 Å². The van der Waals surface area contributed by atoms with E-state index in [1.54, 1.807) is 12.0 Å². The molecule has 1 aromatic rings. The van der Waals surface area contributed by atoms with E-state index in [2.05, 4.69) is 0 Å². The Hall–Kier alpha value is -1.22. The Kier molecular flexibility index (Phi) is 3.06. The fourth-order valence-electron chi connectivity index (χ4n) is 1.89. The van der Waals surface area contributed by atoms with Crippen molar-refractivity contribution in [1.82, 2.24) is 0 Å². The van der Waals surface area contributed by atoms with Gasteiger partial charge in [-0.2, -0.15) is 0 Å². The first-order valence-corrected chi connectivity index (χ1v) is 5.64. The van der Waals surface area contributed by atoms with Crippen LogP contribution < -0.4 is 9.64 Å². The Morgan fingerprint density at radius 3 is 2.81 bits per heavy atom. The molecule has 0 N–H and O–H groups in total. The summed E-state index contributed by atoms with van der Waals surface area (Å²) in [6.45, 7) is 2.55. The summed E-state index contributed by atoms with van der Waals surface area (Å²) in [7, 11) is 1.63.